The Labute approximate surface area is 85.5 Å². The van der Waals surface area contributed by atoms with Gasteiger partial charge in [-0.15, -0.1) is 11.3 Å². The van der Waals surface area contributed by atoms with E-state index in [2.05, 4.69) is 9.97 Å². The minimum atomic E-state index is 0.468. The van der Waals surface area contributed by atoms with Gasteiger partial charge in [-0.1, -0.05) is 6.07 Å². The maximum Gasteiger partial charge on any atom is 0.169 e. The van der Waals surface area contributed by atoms with Crippen LogP contribution in [0.4, 0.5) is 0 Å². The van der Waals surface area contributed by atoms with Crippen molar-refractivity contribution in [1.82, 2.24) is 9.97 Å². The predicted octanol–water partition coefficient (Wildman–Crippen LogP) is 2.33. The first-order valence-corrected chi connectivity index (χ1v) is 5.02. The smallest absolute Gasteiger partial charge is 0.169 e. The van der Waals surface area contributed by atoms with Crippen LogP contribution in [0.25, 0.3) is 10.7 Å². The minimum absolute atomic E-state index is 0.468. The summed E-state index contributed by atoms with van der Waals surface area (Å²) < 4.78 is 0. The van der Waals surface area contributed by atoms with E-state index >= 15 is 0 Å². The van der Waals surface area contributed by atoms with Crippen LogP contribution in [0.5, 0.6) is 0 Å². The van der Waals surface area contributed by atoms with Crippen LogP contribution < -0.4 is 0 Å². The number of nitrogens with zero attached hydrogens (tertiary/aromatic N) is 2. The van der Waals surface area contributed by atoms with Crippen molar-refractivity contribution in [3.63, 3.8) is 0 Å². The fourth-order valence-electron chi connectivity index (χ4n) is 1.16. The molecule has 0 bridgehead atoms. The Morgan fingerprint density at radius 1 is 1.50 bits per heavy atom. The summed E-state index contributed by atoms with van der Waals surface area (Å²) in [5.41, 5.74) is 2.39. The van der Waals surface area contributed by atoms with E-state index in [1.807, 2.05) is 19.1 Å². The molecule has 4 heteroatoms. The lowest BCUT2D eigenvalue weighted by molar-refractivity contribution is 0.111. The molecule has 0 N–H and O–H groups in total. The van der Waals surface area contributed by atoms with Gasteiger partial charge in [0.2, 0.25) is 0 Å². The Balaban J connectivity index is 2.49. The van der Waals surface area contributed by atoms with Gasteiger partial charge in [0.1, 0.15) is 16.4 Å². The van der Waals surface area contributed by atoms with E-state index in [0.717, 1.165) is 22.6 Å². The van der Waals surface area contributed by atoms with Gasteiger partial charge in [-0.2, -0.15) is 0 Å². The topological polar surface area (TPSA) is 42.9 Å². The van der Waals surface area contributed by atoms with Crippen LogP contribution in [-0.2, 0) is 0 Å². The van der Waals surface area contributed by atoms with Gasteiger partial charge in [0, 0.05) is 11.6 Å². The Morgan fingerprint density at radius 2 is 2.36 bits per heavy atom. The number of aryl methyl sites for hydroxylation is 1. The molecule has 0 unspecified atom stereocenters. The van der Waals surface area contributed by atoms with Crippen molar-refractivity contribution in [3.8, 4) is 10.7 Å². The van der Waals surface area contributed by atoms with Crippen LogP contribution in [0, 0.1) is 6.92 Å². The summed E-state index contributed by atoms with van der Waals surface area (Å²) >= 11 is 1.44. The first-order chi connectivity index (χ1) is 6.81. The second-order valence-electron chi connectivity index (χ2n) is 2.86. The second-order valence-corrected chi connectivity index (χ2v) is 3.72. The highest BCUT2D eigenvalue weighted by Crippen LogP contribution is 2.23. The van der Waals surface area contributed by atoms with Gasteiger partial charge in [-0.25, -0.2) is 4.98 Å². The van der Waals surface area contributed by atoms with Gasteiger partial charge in [0.25, 0.3) is 0 Å². The summed E-state index contributed by atoms with van der Waals surface area (Å²) in [6.45, 7) is 1.98. The number of hydrogen-bond donors (Lipinski definition) is 0. The number of thiazole rings is 1. The zero-order chi connectivity index (χ0) is 9.97. The summed E-state index contributed by atoms with van der Waals surface area (Å²) in [4.78, 5) is 18.8. The molecule has 2 aromatic rings. The van der Waals surface area contributed by atoms with Crippen molar-refractivity contribution in [2.24, 2.45) is 0 Å². The van der Waals surface area contributed by atoms with Crippen LogP contribution in [-0.4, -0.2) is 16.3 Å². The lowest BCUT2D eigenvalue weighted by atomic mass is 10.2. The zero-order valence-corrected chi connectivity index (χ0v) is 8.41. The third-order valence-electron chi connectivity index (χ3n) is 1.85. The Kier molecular flexibility index (Phi) is 2.37. The number of rotatable bonds is 2. The average molecular weight is 204 g/mol. The van der Waals surface area contributed by atoms with Gasteiger partial charge in [-0.05, 0) is 18.6 Å². The minimum Gasteiger partial charge on any atom is -0.296 e. The van der Waals surface area contributed by atoms with E-state index in [1.54, 1.807) is 11.6 Å². The molecule has 14 heavy (non-hydrogen) atoms. The monoisotopic (exact) mass is 204 g/mol. The maximum absolute atomic E-state index is 10.5. The van der Waals surface area contributed by atoms with Crippen molar-refractivity contribution in [2.45, 2.75) is 6.92 Å². The third-order valence-corrected chi connectivity index (χ3v) is 2.72. The van der Waals surface area contributed by atoms with E-state index in [1.165, 1.54) is 11.3 Å². The molecule has 0 spiro atoms. The molecule has 0 aliphatic rings. The number of aromatic nitrogens is 2. The standard InChI is InChI=1S/C10H8N2OS/c1-7-3-2-4-11-9(7)10-12-8(5-13)6-14-10/h2-6H,1H3. The average Bonchev–Trinajstić information content (AvgIpc) is 2.67. The van der Waals surface area contributed by atoms with E-state index in [9.17, 15) is 4.79 Å². The van der Waals surface area contributed by atoms with Crippen LogP contribution in [0.15, 0.2) is 23.7 Å². The van der Waals surface area contributed by atoms with Gasteiger partial charge in [0.15, 0.2) is 6.29 Å². The largest absolute Gasteiger partial charge is 0.296 e. The fraction of sp³-hybridized carbons (Fsp3) is 0.100. The molecule has 2 heterocycles. The molecule has 0 aromatic carbocycles. The van der Waals surface area contributed by atoms with E-state index in [0.29, 0.717) is 5.69 Å². The highest BCUT2D eigenvalue weighted by atomic mass is 32.1. The first-order valence-electron chi connectivity index (χ1n) is 4.14. The summed E-state index contributed by atoms with van der Waals surface area (Å²) in [6.07, 6.45) is 2.47. The van der Waals surface area contributed by atoms with Crippen molar-refractivity contribution >= 4 is 17.6 Å². The van der Waals surface area contributed by atoms with E-state index < -0.39 is 0 Å². The lowest BCUT2D eigenvalue weighted by Crippen LogP contribution is -1.87. The van der Waals surface area contributed by atoms with E-state index in [4.69, 9.17) is 0 Å². The summed E-state index contributed by atoms with van der Waals surface area (Å²) in [5, 5.41) is 2.53. The van der Waals surface area contributed by atoms with Gasteiger partial charge >= 0.3 is 0 Å². The number of aldehydes is 1. The van der Waals surface area contributed by atoms with Crippen molar-refractivity contribution < 1.29 is 4.79 Å². The van der Waals surface area contributed by atoms with Crippen LogP contribution >= 0.6 is 11.3 Å². The molecule has 0 radical (unpaired) electrons. The molecule has 0 amide bonds. The van der Waals surface area contributed by atoms with Gasteiger partial charge in [-0.3, -0.25) is 9.78 Å². The second kappa shape index (κ2) is 3.67. The van der Waals surface area contributed by atoms with Crippen molar-refractivity contribution in [3.05, 3.63) is 35.0 Å². The lowest BCUT2D eigenvalue weighted by Gasteiger charge is -1.98. The highest BCUT2D eigenvalue weighted by Gasteiger charge is 2.07. The predicted molar refractivity (Wildman–Crippen MR) is 55.5 cm³/mol. The summed E-state index contributed by atoms with van der Waals surface area (Å²) in [5.74, 6) is 0. The molecule has 0 fully saturated rings. The molecule has 0 atom stereocenters. The fourth-order valence-corrected chi connectivity index (χ4v) is 1.98. The number of pyridine rings is 1. The van der Waals surface area contributed by atoms with Gasteiger partial charge in [0.05, 0.1) is 0 Å². The molecule has 2 aromatic heterocycles. The Morgan fingerprint density at radius 3 is 3.00 bits per heavy atom. The molecule has 0 aliphatic heterocycles. The molecule has 3 nitrogen and oxygen atoms in total. The number of carbonyl (C=O) groups excluding carboxylic acids is 1. The SMILES string of the molecule is Cc1cccnc1-c1nc(C=O)cs1. The zero-order valence-electron chi connectivity index (χ0n) is 7.60. The molecular formula is C10H8N2OS. The van der Waals surface area contributed by atoms with Gasteiger partial charge < -0.3 is 0 Å². The van der Waals surface area contributed by atoms with Crippen LogP contribution in [0.1, 0.15) is 16.1 Å². The molecule has 0 saturated heterocycles. The normalized spacial score (nSPS) is 10.1. The first kappa shape index (κ1) is 9.02. The van der Waals surface area contributed by atoms with Crippen LogP contribution in [0.2, 0.25) is 0 Å². The van der Waals surface area contributed by atoms with E-state index in [-0.39, 0.29) is 0 Å². The third kappa shape index (κ3) is 1.56. The summed E-state index contributed by atoms with van der Waals surface area (Å²) in [6, 6.07) is 3.86. The maximum atomic E-state index is 10.5. The summed E-state index contributed by atoms with van der Waals surface area (Å²) in [7, 11) is 0. The quantitative estimate of drug-likeness (QED) is 0.705. The van der Waals surface area contributed by atoms with Crippen LogP contribution in [0.3, 0.4) is 0 Å². The number of carbonyl (C=O) groups is 1. The highest BCUT2D eigenvalue weighted by molar-refractivity contribution is 7.13. The number of hydrogen-bond acceptors (Lipinski definition) is 4. The molecule has 0 saturated carbocycles. The Bertz CT molecular complexity index is 465. The molecular weight excluding hydrogens is 196 g/mol. The Hall–Kier alpha value is -1.55. The molecule has 70 valence electrons. The molecule has 2 rings (SSSR count). The van der Waals surface area contributed by atoms with Crippen molar-refractivity contribution in [1.29, 1.82) is 0 Å². The molecule has 0 aliphatic carbocycles. The van der Waals surface area contributed by atoms with Crippen molar-refractivity contribution in [2.75, 3.05) is 0 Å².